The van der Waals surface area contributed by atoms with Crippen LogP contribution in [0.15, 0.2) is 255 Å². The Morgan fingerprint density at radius 1 is 0.350 bits per heavy atom. The van der Waals surface area contributed by atoms with Crippen LogP contribution in [0.25, 0.3) is 51.7 Å². The van der Waals surface area contributed by atoms with Crippen LogP contribution in [0.3, 0.4) is 0 Å². The van der Waals surface area contributed by atoms with Crippen molar-refractivity contribution < 1.29 is 71.8 Å². The predicted molar refractivity (Wildman–Crippen MR) is 400 cm³/mol. The summed E-state index contributed by atoms with van der Waals surface area (Å²) in [6.07, 6.45) is 11.3. The number of carboxylic acids is 1. The number of esters is 2. The van der Waals surface area contributed by atoms with E-state index in [-0.39, 0.29) is 23.2 Å². The molecule has 9 aromatic carbocycles. The Labute approximate surface area is 585 Å². The molecule has 100 heavy (non-hydrogen) atoms. The zero-order chi connectivity index (χ0) is 72.6. The van der Waals surface area contributed by atoms with Gasteiger partial charge in [-0.3, -0.25) is 19.6 Å². The number of phenols is 1. The molecule has 0 bridgehead atoms. The van der Waals surface area contributed by atoms with Crippen molar-refractivity contribution in [2.24, 2.45) is 0 Å². The summed E-state index contributed by atoms with van der Waals surface area (Å²) in [6, 6.07) is 74.4. The van der Waals surface area contributed by atoms with Crippen LogP contribution in [-0.4, -0.2) is 58.9 Å². The number of carbonyl (C=O) groups is 3. The second-order valence-electron chi connectivity index (χ2n) is 24.7. The van der Waals surface area contributed by atoms with Crippen LogP contribution in [0.2, 0.25) is 0 Å². The SMILES string of the molecule is CC/C(=C(/c1ccc(O)cc1)c1ccc(/C=C/C(=O)OC(C)(C)C)cc1)c1ccccc1.CC/C(=C(\c1ccc(/C=C/C(=O)O)cc1)c1ccc(OP(=O)(O)O)cc1)c1ccccc1.CC/C(=C(\c1ccc(/C=C/C(=O)OC(C)(C)C)cc1)c1ccc(OP(=O)(O)O)cc1)c1ccccc1. The maximum absolute atomic E-state index is 12.0. The number of phenolic OH excluding ortho intramolecular Hbond substituents is 1. The Kier molecular flexibility index (Phi) is 27.6. The molecule has 9 aromatic rings. The lowest BCUT2D eigenvalue weighted by molar-refractivity contribution is -0.149. The lowest BCUT2D eigenvalue weighted by Gasteiger charge is -2.18. The van der Waals surface area contributed by atoms with Crippen LogP contribution in [0.4, 0.5) is 0 Å². The van der Waals surface area contributed by atoms with E-state index in [4.69, 9.17) is 38.7 Å². The van der Waals surface area contributed by atoms with E-state index in [1.165, 1.54) is 41.5 Å². The highest BCUT2D eigenvalue weighted by Crippen LogP contribution is 2.42. The monoisotopic (exact) mass is 1380 g/mol. The first kappa shape index (κ1) is 76.9. The predicted octanol–water partition coefficient (Wildman–Crippen LogP) is 19.6. The van der Waals surface area contributed by atoms with E-state index in [0.29, 0.717) is 0 Å². The molecular formula is C83H84O15P2. The third-order valence-corrected chi connectivity index (χ3v) is 15.8. The first-order valence-corrected chi connectivity index (χ1v) is 35.4. The number of aromatic hydroxyl groups is 1. The number of aliphatic carboxylic acids is 1. The first-order valence-electron chi connectivity index (χ1n) is 32.4. The van der Waals surface area contributed by atoms with E-state index in [1.54, 1.807) is 60.7 Å². The molecule has 0 amide bonds. The minimum Gasteiger partial charge on any atom is -0.508 e. The lowest BCUT2D eigenvalue weighted by atomic mass is 9.88. The van der Waals surface area contributed by atoms with Crippen molar-refractivity contribution in [3.63, 3.8) is 0 Å². The molecule has 0 aliphatic heterocycles. The molecule has 6 N–H and O–H groups in total. The second kappa shape index (κ2) is 35.9. The summed E-state index contributed by atoms with van der Waals surface area (Å²) in [5, 5.41) is 18.6. The third kappa shape index (κ3) is 24.8. The third-order valence-electron chi connectivity index (χ3n) is 14.9. The number of rotatable bonds is 22. The summed E-state index contributed by atoms with van der Waals surface area (Å²) in [5.74, 6) is -1.36. The van der Waals surface area contributed by atoms with Gasteiger partial charge in [0.15, 0.2) is 0 Å². The van der Waals surface area contributed by atoms with Crippen LogP contribution in [0, 0.1) is 0 Å². The molecule has 9 rings (SSSR count). The molecule has 0 saturated heterocycles. The Morgan fingerprint density at radius 3 is 0.820 bits per heavy atom. The number of allylic oxidation sites excluding steroid dienone is 3. The van der Waals surface area contributed by atoms with E-state index in [2.05, 4.69) is 61.7 Å². The summed E-state index contributed by atoms with van der Waals surface area (Å²) < 4.78 is 42.4. The van der Waals surface area contributed by atoms with Crippen molar-refractivity contribution in [1.29, 1.82) is 0 Å². The molecule has 0 spiro atoms. The summed E-state index contributed by atoms with van der Waals surface area (Å²) in [5.41, 5.74) is 17.1. The average molecular weight is 1380 g/mol. The van der Waals surface area contributed by atoms with E-state index >= 15 is 0 Å². The number of hydrogen-bond donors (Lipinski definition) is 6. The molecule has 17 heteroatoms. The van der Waals surface area contributed by atoms with Crippen molar-refractivity contribution in [2.75, 3.05) is 0 Å². The zero-order valence-electron chi connectivity index (χ0n) is 57.4. The Morgan fingerprint density at radius 2 is 0.590 bits per heavy atom. The Balaban J connectivity index is 0.000000211. The van der Waals surface area contributed by atoms with Crippen molar-refractivity contribution in [2.45, 2.75) is 92.8 Å². The van der Waals surface area contributed by atoms with E-state index in [0.717, 1.165) is 114 Å². The Hall–Kier alpha value is -10.5. The molecule has 0 radical (unpaired) electrons. The maximum Gasteiger partial charge on any atom is 0.524 e. The molecule has 0 saturated carbocycles. The summed E-state index contributed by atoms with van der Waals surface area (Å²) in [7, 11) is -9.28. The second-order valence-corrected chi connectivity index (χ2v) is 27.1. The van der Waals surface area contributed by atoms with Crippen LogP contribution < -0.4 is 9.05 Å². The smallest absolute Gasteiger partial charge is 0.508 e. The number of ether oxygens (including phenoxy) is 2. The van der Waals surface area contributed by atoms with Gasteiger partial charge in [-0.15, -0.1) is 0 Å². The largest absolute Gasteiger partial charge is 0.524 e. The van der Waals surface area contributed by atoms with E-state index in [1.807, 2.05) is 181 Å². The van der Waals surface area contributed by atoms with Gasteiger partial charge < -0.3 is 28.7 Å². The van der Waals surface area contributed by atoms with Crippen LogP contribution >= 0.6 is 15.6 Å². The van der Waals surface area contributed by atoms with Crippen LogP contribution in [0.1, 0.15) is 148 Å². The fourth-order valence-electron chi connectivity index (χ4n) is 10.8. The highest BCUT2D eigenvalue weighted by molar-refractivity contribution is 7.47. The van der Waals surface area contributed by atoms with Gasteiger partial charge in [0.05, 0.1) is 0 Å². The molecule has 15 nitrogen and oxygen atoms in total. The van der Waals surface area contributed by atoms with Gasteiger partial charge in [0, 0.05) is 18.2 Å². The van der Waals surface area contributed by atoms with E-state index in [9.17, 15) is 28.6 Å². The van der Waals surface area contributed by atoms with Crippen LogP contribution in [0.5, 0.6) is 17.2 Å². The quantitative estimate of drug-likeness (QED) is 0.0160. The van der Waals surface area contributed by atoms with Gasteiger partial charge in [-0.25, -0.2) is 23.5 Å². The van der Waals surface area contributed by atoms with Crippen molar-refractivity contribution in [1.82, 2.24) is 0 Å². The maximum atomic E-state index is 12.0. The fraction of sp³-hybridized carbons (Fsp3) is 0.169. The van der Waals surface area contributed by atoms with Crippen LogP contribution in [-0.2, 0) is 33.0 Å². The lowest BCUT2D eigenvalue weighted by Crippen LogP contribution is -2.22. The number of carboxylic acid groups (broad SMARTS) is 1. The summed E-state index contributed by atoms with van der Waals surface area (Å²) >= 11 is 0. The van der Waals surface area contributed by atoms with Crippen molar-refractivity contribution in [3.05, 3.63) is 322 Å². The molecule has 516 valence electrons. The van der Waals surface area contributed by atoms with Gasteiger partial charge in [-0.05, 0) is 216 Å². The topological polar surface area (TPSA) is 244 Å². The number of phosphoric acid groups is 2. The van der Waals surface area contributed by atoms with E-state index < -0.39 is 38.8 Å². The fourth-order valence-corrected chi connectivity index (χ4v) is 11.5. The Bertz CT molecular complexity index is 4480. The number of benzene rings is 9. The van der Waals surface area contributed by atoms with Gasteiger partial charge in [0.25, 0.3) is 0 Å². The molecular weight excluding hydrogens is 1300 g/mol. The molecule has 0 unspecified atom stereocenters. The normalized spacial score (nSPS) is 12.6. The molecule has 0 aliphatic carbocycles. The molecule has 0 heterocycles. The standard InChI is InChI=1S/C29H31O6P.C29H30O3.C25H23O6P/c1-5-26(22-9-7-6-8-10-22)28(24-16-18-25(19-17-24)35-36(31,32)33)23-14-11-21(12-15-23)13-20-27(30)34-29(2,3)4;1-5-26(22-9-7-6-8-10-22)28(24-16-18-25(30)19-17-24)23-14-11-21(12-15-23)13-20-27(31)32-29(2,3)4;1-2-23(19-6-4-3-5-7-19)25(20-11-8-18(9-12-20)10-17-24(26)27)21-13-15-22(16-14-21)31-32(28,29)30/h6-20H,5H2,1-4H3,(H2,31,32,33);6-20,30H,5H2,1-4H3;3-17H,2H2,1H3,(H,26,27)(H2,28,29,30)/b2*20-13+,28-26-;17-10+,25-23-. The number of carbonyl (C=O) groups excluding carboxylic acids is 2. The molecule has 0 atom stereocenters. The number of hydrogen-bond acceptors (Lipinski definition) is 10. The van der Waals surface area contributed by atoms with Gasteiger partial charge in [-0.2, -0.15) is 0 Å². The summed E-state index contributed by atoms with van der Waals surface area (Å²) in [6.45, 7) is 17.3. The van der Waals surface area contributed by atoms with Gasteiger partial charge in [0.2, 0.25) is 0 Å². The summed E-state index contributed by atoms with van der Waals surface area (Å²) in [4.78, 5) is 71.1. The highest BCUT2D eigenvalue weighted by Gasteiger charge is 2.21. The van der Waals surface area contributed by atoms with Crippen molar-refractivity contribution >= 4 is 85.2 Å². The van der Waals surface area contributed by atoms with Gasteiger partial charge >= 0.3 is 33.6 Å². The molecule has 0 aromatic heterocycles. The number of phosphoric ester groups is 2. The highest BCUT2D eigenvalue weighted by atomic mass is 31.2. The van der Waals surface area contributed by atoms with Gasteiger partial charge in [0.1, 0.15) is 28.5 Å². The minimum absolute atomic E-state index is 0.0772. The van der Waals surface area contributed by atoms with Crippen molar-refractivity contribution in [3.8, 4) is 17.2 Å². The average Bonchev–Trinajstić information content (AvgIpc) is 0.812. The minimum atomic E-state index is -4.64. The molecule has 0 aliphatic rings. The molecule has 0 fully saturated rings. The zero-order valence-corrected chi connectivity index (χ0v) is 59.1. The first-order chi connectivity index (χ1) is 47.5. The van der Waals surface area contributed by atoms with Gasteiger partial charge in [-0.1, -0.05) is 221 Å².